The highest BCUT2D eigenvalue weighted by Gasteiger charge is 2.33. The zero-order valence-electron chi connectivity index (χ0n) is 16.6. The van der Waals surface area contributed by atoms with Gasteiger partial charge in [-0.1, -0.05) is 80.9 Å². The summed E-state index contributed by atoms with van der Waals surface area (Å²) < 4.78 is 6.13. The first-order valence-corrected chi connectivity index (χ1v) is 9.82. The van der Waals surface area contributed by atoms with Crippen LogP contribution in [0.3, 0.4) is 0 Å². The van der Waals surface area contributed by atoms with Crippen LogP contribution in [0.1, 0.15) is 44.4 Å². The molecule has 27 heavy (non-hydrogen) atoms. The summed E-state index contributed by atoms with van der Waals surface area (Å²) in [5, 5.41) is 23.7. The van der Waals surface area contributed by atoms with Gasteiger partial charge in [-0.05, 0) is 24.0 Å². The van der Waals surface area contributed by atoms with Crippen LogP contribution in [0.4, 0.5) is 0 Å². The first-order chi connectivity index (χ1) is 13.1. The number of aliphatic hydroxyl groups is 2. The number of benzene rings is 2. The fourth-order valence-electron chi connectivity index (χ4n) is 3.29. The maximum absolute atomic E-state index is 10.5. The molecule has 0 saturated heterocycles. The summed E-state index contributed by atoms with van der Waals surface area (Å²) in [7, 11) is 0. The summed E-state index contributed by atoms with van der Waals surface area (Å²) in [6.45, 7) is 6.47. The van der Waals surface area contributed by atoms with Crippen LogP contribution in [-0.2, 0) is 11.3 Å². The van der Waals surface area contributed by atoms with Crippen LogP contribution in [0.5, 0.6) is 0 Å². The molecule has 0 aromatic heterocycles. The van der Waals surface area contributed by atoms with Gasteiger partial charge in [0.15, 0.2) is 0 Å². The summed E-state index contributed by atoms with van der Waals surface area (Å²) in [5.74, 6) is 0.276. The third-order valence-corrected chi connectivity index (χ3v) is 5.20. The second-order valence-corrected chi connectivity index (χ2v) is 7.22. The van der Waals surface area contributed by atoms with E-state index < -0.39 is 12.2 Å². The van der Waals surface area contributed by atoms with E-state index in [1.807, 2.05) is 48.5 Å². The largest absolute Gasteiger partial charge is 0.394 e. The van der Waals surface area contributed by atoms with Crippen molar-refractivity contribution in [2.75, 3.05) is 6.61 Å². The van der Waals surface area contributed by atoms with Gasteiger partial charge < -0.3 is 20.3 Å². The predicted octanol–water partition coefficient (Wildman–Crippen LogP) is 3.69. The third-order valence-electron chi connectivity index (χ3n) is 5.20. The van der Waals surface area contributed by atoms with Gasteiger partial charge in [0, 0.05) is 12.1 Å². The molecular formula is C23H33NO3. The van der Waals surface area contributed by atoms with Gasteiger partial charge in [-0.25, -0.2) is 0 Å². The third kappa shape index (κ3) is 6.43. The van der Waals surface area contributed by atoms with Crippen LogP contribution in [0, 0.1) is 5.92 Å². The Balaban J connectivity index is 2.16. The van der Waals surface area contributed by atoms with Crippen molar-refractivity contribution in [3.63, 3.8) is 0 Å². The Labute approximate surface area is 163 Å². The molecule has 0 bridgehead atoms. The standard InChI is InChI=1S/C23H33NO3/c1-4-17(2)22(24-18(3)20-13-9-6-10-14-20)23(21(26)15-25)27-16-19-11-7-5-8-12-19/h5-14,17-18,21-26H,4,15-16H2,1-3H3/t17-,18+,21-,22+,23+/m0/s1. The predicted molar refractivity (Wildman–Crippen MR) is 109 cm³/mol. The number of hydrogen-bond donors (Lipinski definition) is 3. The topological polar surface area (TPSA) is 61.7 Å². The molecule has 0 fully saturated rings. The molecule has 0 unspecified atom stereocenters. The van der Waals surface area contributed by atoms with Crippen molar-refractivity contribution in [3.05, 3.63) is 71.8 Å². The van der Waals surface area contributed by atoms with E-state index in [1.54, 1.807) is 0 Å². The molecule has 5 atom stereocenters. The van der Waals surface area contributed by atoms with Gasteiger partial charge in [-0.2, -0.15) is 0 Å². The number of aliphatic hydroxyl groups excluding tert-OH is 2. The van der Waals surface area contributed by atoms with Crippen LogP contribution in [0.15, 0.2) is 60.7 Å². The van der Waals surface area contributed by atoms with Gasteiger partial charge in [0.2, 0.25) is 0 Å². The lowest BCUT2D eigenvalue weighted by Gasteiger charge is -2.36. The highest BCUT2D eigenvalue weighted by atomic mass is 16.5. The van der Waals surface area contributed by atoms with Gasteiger partial charge in [0.05, 0.1) is 13.2 Å². The minimum absolute atomic E-state index is 0.0870. The van der Waals surface area contributed by atoms with Crippen LogP contribution >= 0.6 is 0 Å². The Kier molecular flexibility index (Phi) is 8.95. The van der Waals surface area contributed by atoms with Crippen molar-refractivity contribution in [3.8, 4) is 0 Å². The normalized spacial score (nSPS) is 17.1. The Morgan fingerprint density at radius 3 is 2.11 bits per heavy atom. The van der Waals surface area contributed by atoms with E-state index in [-0.39, 0.29) is 24.6 Å². The monoisotopic (exact) mass is 371 g/mol. The molecule has 0 spiro atoms. The molecule has 0 radical (unpaired) electrons. The van der Waals surface area contributed by atoms with Gasteiger partial charge in [-0.15, -0.1) is 0 Å². The number of rotatable bonds is 11. The first-order valence-electron chi connectivity index (χ1n) is 9.82. The fourth-order valence-corrected chi connectivity index (χ4v) is 3.29. The van der Waals surface area contributed by atoms with E-state index in [2.05, 4.69) is 38.2 Å². The number of nitrogens with one attached hydrogen (secondary N) is 1. The highest BCUT2D eigenvalue weighted by molar-refractivity contribution is 5.18. The van der Waals surface area contributed by atoms with Crippen molar-refractivity contribution in [1.82, 2.24) is 5.32 Å². The zero-order valence-corrected chi connectivity index (χ0v) is 16.6. The molecule has 2 rings (SSSR count). The molecule has 0 aliphatic heterocycles. The molecule has 0 aliphatic carbocycles. The summed E-state index contributed by atoms with van der Waals surface area (Å²) in [5.41, 5.74) is 2.23. The van der Waals surface area contributed by atoms with Crippen LogP contribution in [-0.4, -0.2) is 35.1 Å². The Hall–Kier alpha value is -1.72. The van der Waals surface area contributed by atoms with E-state index >= 15 is 0 Å². The lowest BCUT2D eigenvalue weighted by molar-refractivity contribution is -0.0910. The molecular weight excluding hydrogens is 338 g/mol. The minimum Gasteiger partial charge on any atom is -0.394 e. The van der Waals surface area contributed by atoms with E-state index in [1.165, 1.54) is 5.56 Å². The van der Waals surface area contributed by atoms with Crippen molar-refractivity contribution >= 4 is 0 Å². The average molecular weight is 372 g/mol. The zero-order chi connectivity index (χ0) is 19.6. The molecule has 0 aliphatic rings. The van der Waals surface area contributed by atoms with E-state index in [9.17, 15) is 10.2 Å². The van der Waals surface area contributed by atoms with E-state index in [0.29, 0.717) is 6.61 Å². The SMILES string of the molecule is CC[C@H](C)[C@@H](N[C@H](C)c1ccccc1)[C@H](OCc1ccccc1)[C@@H](O)CO. The van der Waals surface area contributed by atoms with Crippen LogP contribution in [0.25, 0.3) is 0 Å². The first kappa shape index (κ1) is 21.6. The Bertz CT molecular complexity index is 635. The number of ether oxygens (including phenoxy) is 1. The number of hydrogen-bond acceptors (Lipinski definition) is 4. The van der Waals surface area contributed by atoms with Crippen LogP contribution in [0.2, 0.25) is 0 Å². The maximum Gasteiger partial charge on any atom is 0.105 e. The minimum atomic E-state index is -0.941. The molecule has 0 saturated carbocycles. The van der Waals surface area contributed by atoms with Crippen LogP contribution < -0.4 is 5.32 Å². The van der Waals surface area contributed by atoms with E-state index in [0.717, 1.165) is 12.0 Å². The summed E-state index contributed by atoms with van der Waals surface area (Å²) in [6, 6.07) is 20.2. The quantitative estimate of drug-likeness (QED) is 0.564. The highest BCUT2D eigenvalue weighted by Crippen LogP contribution is 2.22. The summed E-state index contributed by atoms with van der Waals surface area (Å²) >= 11 is 0. The molecule has 2 aromatic carbocycles. The van der Waals surface area contributed by atoms with Gasteiger partial charge in [0.1, 0.15) is 12.2 Å². The Morgan fingerprint density at radius 1 is 0.963 bits per heavy atom. The Morgan fingerprint density at radius 2 is 1.56 bits per heavy atom. The lowest BCUT2D eigenvalue weighted by atomic mass is 9.90. The second-order valence-electron chi connectivity index (χ2n) is 7.22. The average Bonchev–Trinajstić information content (AvgIpc) is 2.73. The van der Waals surface area contributed by atoms with Crippen molar-refractivity contribution in [1.29, 1.82) is 0 Å². The van der Waals surface area contributed by atoms with Gasteiger partial charge in [0.25, 0.3) is 0 Å². The molecule has 148 valence electrons. The second kappa shape index (κ2) is 11.2. The maximum atomic E-state index is 10.5. The molecule has 4 heteroatoms. The molecule has 0 heterocycles. The molecule has 3 N–H and O–H groups in total. The van der Waals surface area contributed by atoms with Crippen molar-refractivity contribution in [2.45, 2.75) is 58.1 Å². The molecule has 2 aromatic rings. The fraction of sp³-hybridized carbons (Fsp3) is 0.478. The van der Waals surface area contributed by atoms with E-state index in [4.69, 9.17) is 4.74 Å². The summed E-state index contributed by atoms with van der Waals surface area (Å²) in [4.78, 5) is 0. The summed E-state index contributed by atoms with van der Waals surface area (Å²) in [6.07, 6.45) is -0.498. The molecule has 0 amide bonds. The van der Waals surface area contributed by atoms with Gasteiger partial charge in [-0.3, -0.25) is 0 Å². The van der Waals surface area contributed by atoms with Gasteiger partial charge >= 0.3 is 0 Å². The van der Waals surface area contributed by atoms with Crippen molar-refractivity contribution < 1.29 is 14.9 Å². The lowest BCUT2D eigenvalue weighted by Crippen LogP contribution is -2.52. The molecule has 4 nitrogen and oxygen atoms in total. The van der Waals surface area contributed by atoms with Crippen molar-refractivity contribution in [2.24, 2.45) is 5.92 Å². The smallest absolute Gasteiger partial charge is 0.105 e.